The normalized spacial score (nSPS) is 15.4. The summed E-state index contributed by atoms with van der Waals surface area (Å²) in [7, 11) is 0. The highest BCUT2D eigenvalue weighted by atomic mass is 16.5. The van der Waals surface area contributed by atoms with Gasteiger partial charge in [0, 0.05) is 19.1 Å². The molecule has 5 nitrogen and oxygen atoms in total. The van der Waals surface area contributed by atoms with Gasteiger partial charge in [0.2, 0.25) is 11.7 Å². The molecule has 1 aromatic heterocycles. The van der Waals surface area contributed by atoms with E-state index in [-0.39, 0.29) is 12.0 Å². The Morgan fingerprint density at radius 2 is 2.06 bits per heavy atom. The van der Waals surface area contributed by atoms with E-state index >= 15 is 0 Å². The van der Waals surface area contributed by atoms with Crippen molar-refractivity contribution < 1.29 is 9.26 Å². The number of nitrogens with zero attached hydrogens (tertiary/aromatic N) is 2. The van der Waals surface area contributed by atoms with Crippen molar-refractivity contribution in [1.82, 2.24) is 10.1 Å². The number of hydrogen-bond donors (Lipinski definition) is 1. The first-order chi connectivity index (χ1) is 7.60. The SMILES string of the molecule is CCOC(c1noc(C(C)CN)n1)C(C)C. The third-order valence-electron chi connectivity index (χ3n) is 2.44. The minimum atomic E-state index is -0.104. The zero-order valence-corrected chi connectivity index (χ0v) is 10.4. The molecule has 0 saturated heterocycles. The maximum atomic E-state index is 5.60. The van der Waals surface area contributed by atoms with Crippen molar-refractivity contribution in [2.45, 2.75) is 39.7 Å². The summed E-state index contributed by atoms with van der Waals surface area (Å²) in [6.45, 7) is 9.20. The molecule has 0 spiro atoms. The molecule has 0 radical (unpaired) electrons. The van der Waals surface area contributed by atoms with E-state index in [1.54, 1.807) is 0 Å². The van der Waals surface area contributed by atoms with Crippen LogP contribution in [0.4, 0.5) is 0 Å². The van der Waals surface area contributed by atoms with Crippen molar-refractivity contribution >= 4 is 0 Å². The Balaban J connectivity index is 2.81. The van der Waals surface area contributed by atoms with Gasteiger partial charge in [-0.15, -0.1) is 0 Å². The van der Waals surface area contributed by atoms with Gasteiger partial charge >= 0.3 is 0 Å². The van der Waals surface area contributed by atoms with E-state index in [2.05, 4.69) is 24.0 Å². The Morgan fingerprint density at radius 3 is 2.56 bits per heavy atom. The predicted molar refractivity (Wildman–Crippen MR) is 61.0 cm³/mol. The highest BCUT2D eigenvalue weighted by Gasteiger charge is 2.23. The van der Waals surface area contributed by atoms with Crippen LogP contribution in [0, 0.1) is 5.92 Å². The van der Waals surface area contributed by atoms with Crippen LogP contribution < -0.4 is 5.73 Å². The second kappa shape index (κ2) is 5.96. The molecule has 0 aliphatic heterocycles. The highest BCUT2D eigenvalue weighted by Crippen LogP contribution is 2.24. The Bertz CT molecular complexity index is 312. The van der Waals surface area contributed by atoms with Crippen molar-refractivity contribution in [2.24, 2.45) is 11.7 Å². The van der Waals surface area contributed by atoms with Gasteiger partial charge in [-0.1, -0.05) is 25.9 Å². The van der Waals surface area contributed by atoms with E-state index in [0.29, 0.717) is 30.8 Å². The predicted octanol–water partition coefficient (Wildman–Crippen LogP) is 1.87. The largest absolute Gasteiger partial charge is 0.370 e. The standard InChI is InChI=1S/C11H21N3O2/c1-5-15-9(7(2)3)10-13-11(16-14-10)8(4)6-12/h7-9H,5-6,12H2,1-4H3. The van der Waals surface area contributed by atoms with Crippen molar-refractivity contribution in [3.8, 4) is 0 Å². The van der Waals surface area contributed by atoms with E-state index < -0.39 is 0 Å². The molecule has 2 N–H and O–H groups in total. The van der Waals surface area contributed by atoms with Gasteiger partial charge < -0.3 is 15.0 Å². The molecule has 0 aromatic carbocycles. The summed E-state index contributed by atoms with van der Waals surface area (Å²) in [5, 5.41) is 3.96. The first kappa shape index (κ1) is 13.1. The quantitative estimate of drug-likeness (QED) is 0.803. The fourth-order valence-corrected chi connectivity index (χ4v) is 1.41. The fourth-order valence-electron chi connectivity index (χ4n) is 1.41. The average molecular weight is 227 g/mol. The van der Waals surface area contributed by atoms with Gasteiger partial charge in [0.25, 0.3) is 0 Å². The molecule has 2 atom stereocenters. The molecule has 1 rings (SSSR count). The summed E-state index contributed by atoms with van der Waals surface area (Å²) >= 11 is 0. The van der Waals surface area contributed by atoms with E-state index in [9.17, 15) is 0 Å². The van der Waals surface area contributed by atoms with Crippen LogP contribution in [0.15, 0.2) is 4.52 Å². The number of nitrogens with two attached hydrogens (primary N) is 1. The summed E-state index contributed by atoms with van der Waals surface area (Å²) in [4.78, 5) is 4.34. The lowest BCUT2D eigenvalue weighted by molar-refractivity contribution is 0.0217. The van der Waals surface area contributed by atoms with Crippen LogP contribution in [-0.4, -0.2) is 23.3 Å². The van der Waals surface area contributed by atoms with Gasteiger partial charge in [0.1, 0.15) is 6.10 Å². The number of aromatic nitrogens is 2. The van der Waals surface area contributed by atoms with Crippen LogP contribution >= 0.6 is 0 Å². The minimum absolute atomic E-state index is 0.0932. The molecule has 1 aromatic rings. The molecular weight excluding hydrogens is 206 g/mol. The van der Waals surface area contributed by atoms with Gasteiger partial charge in [-0.2, -0.15) is 4.98 Å². The summed E-state index contributed by atoms with van der Waals surface area (Å²) in [6.07, 6.45) is -0.104. The number of ether oxygens (including phenoxy) is 1. The second-order valence-corrected chi connectivity index (χ2v) is 4.25. The van der Waals surface area contributed by atoms with Crippen LogP contribution in [0.2, 0.25) is 0 Å². The molecule has 2 unspecified atom stereocenters. The summed E-state index contributed by atoms with van der Waals surface area (Å²) < 4.78 is 10.8. The van der Waals surface area contributed by atoms with Gasteiger partial charge in [-0.05, 0) is 12.8 Å². The zero-order valence-electron chi connectivity index (χ0n) is 10.4. The van der Waals surface area contributed by atoms with Gasteiger partial charge in [0.05, 0.1) is 0 Å². The van der Waals surface area contributed by atoms with E-state index in [0.717, 1.165) is 0 Å². The molecule has 0 amide bonds. The average Bonchev–Trinajstić information content (AvgIpc) is 2.73. The van der Waals surface area contributed by atoms with Crippen LogP contribution in [0.5, 0.6) is 0 Å². The Labute approximate surface area is 96.4 Å². The van der Waals surface area contributed by atoms with Crippen LogP contribution in [-0.2, 0) is 4.74 Å². The molecule has 16 heavy (non-hydrogen) atoms. The van der Waals surface area contributed by atoms with Crippen molar-refractivity contribution in [3.05, 3.63) is 11.7 Å². The van der Waals surface area contributed by atoms with Crippen LogP contribution in [0.1, 0.15) is 51.4 Å². The first-order valence-electron chi connectivity index (χ1n) is 5.75. The lowest BCUT2D eigenvalue weighted by atomic mass is 10.1. The summed E-state index contributed by atoms with van der Waals surface area (Å²) in [5.74, 6) is 1.62. The molecule has 0 fully saturated rings. The minimum Gasteiger partial charge on any atom is -0.370 e. The number of rotatable bonds is 6. The number of hydrogen-bond acceptors (Lipinski definition) is 5. The molecule has 0 aliphatic rings. The van der Waals surface area contributed by atoms with Gasteiger partial charge in [-0.25, -0.2) is 0 Å². The van der Waals surface area contributed by atoms with Crippen molar-refractivity contribution in [2.75, 3.05) is 13.2 Å². The smallest absolute Gasteiger partial charge is 0.230 e. The molecule has 5 heteroatoms. The van der Waals surface area contributed by atoms with Crippen LogP contribution in [0.3, 0.4) is 0 Å². The van der Waals surface area contributed by atoms with Crippen LogP contribution in [0.25, 0.3) is 0 Å². The van der Waals surface area contributed by atoms with Crippen molar-refractivity contribution in [3.63, 3.8) is 0 Å². The topological polar surface area (TPSA) is 74.2 Å². The van der Waals surface area contributed by atoms with Gasteiger partial charge in [0.15, 0.2) is 0 Å². The second-order valence-electron chi connectivity index (χ2n) is 4.25. The fraction of sp³-hybridized carbons (Fsp3) is 0.818. The monoisotopic (exact) mass is 227 g/mol. The molecule has 92 valence electrons. The summed E-state index contributed by atoms with van der Waals surface area (Å²) in [6, 6.07) is 0. The zero-order chi connectivity index (χ0) is 12.1. The summed E-state index contributed by atoms with van der Waals surface area (Å²) in [5.41, 5.74) is 5.55. The lowest BCUT2D eigenvalue weighted by Crippen LogP contribution is -2.13. The molecule has 0 saturated carbocycles. The molecule has 1 heterocycles. The lowest BCUT2D eigenvalue weighted by Gasteiger charge is -2.16. The first-order valence-corrected chi connectivity index (χ1v) is 5.75. The third kappa shape index (κ3) is 3.02. The molecular formula is C11H21N3O2. The van der Waals surface area contributed by atoms with E-state index in [4.69, 9.17) is 15.0 Å². The molecule has 0 bridgehead atoms. The Morgan fingerprint density at radius 1 is 1.38 bits per heavy atom. The highest BCUT2D eigenvalue weighted by molar-refractivity contribution is 4.96. The maximum Gasteiger partial charge on any atom is 0.230 e. The van der Waals surface area contributed by atoms with Crippen molar-refractivity contribution in [1.29, 1.82) is 0 Å². The Kier molecular flexibility index (Phi) is 4.89. The Hall–Kier alpha value is -0.940. The van der Waals surface area contributed by atoms with Gasteiger partial charge in [-0.3, -0.25) is 0 Å². The maximum absolute atomic E-state index is 5.60. The van der Waals surface area contributed by atoms with E-state index in [1.165, 1.54) is 0 Å². The third-order valence-corrected chi connectivity index (χ3v) is 2.44. The molecule has 0 aliphatic carbocycles. The van der Waals surface area contributed by atoms with E-state index in [1.807, 2.05) is 13.8 Å².